The van der Waals surface area contributed by atoms with Crippen molar-refractivity contribution in [3.63, 3.8) is 0 Å². The highest BCUT2D eigenvalue weighted by molar-refractivity contribution is 7.99. The minimum absolute atomic E-state index is 0.104. The van der Waals surface area contributed by atoms with E-state index < -0.39 is 0 Å². The maximum atomic E-state index is 12.7. The average molecular weight is 254 g/mol. The molecule has 17 heavy (non-hydrogen) atoms. The number of carbonyl (C=O) groups is 1. The van der Waals surface area contributed by atoms with Gasteiger partial charge in [-0.05, 0) is 36.9 Å². The summed E-state index contributed by atoms with van der Waals surface area (Å²) in [7, 11) is 0. The molecule has 1 aliphatic heterocycles. The number of anilines is 1. The third-order valence-corrected chi connectivity index (χ3v) is 3.91. The number of nitrogens with zero attached hydrogens (tertiary/aromatic N) is 1. The molecule has 2 amide bonds. The minimum atomic E-state index is -0.299. The van der Waals surface area contributed by atoms with Crippen LogP contribution < -0.4 is 5.32 Å². The maximum absolute atomic E-state index is 12.7. The fourth-order valence-corrected chi connectivity index (χ4v) is 2.51. The number of thioether (sulfide) groups is 1. The van der Waals surface area contributed by atoms with Crippen molar-refractivity contribution >= 4 is 23.5 Å². The van der Waals surface area contributed by atoms with Gasteiger partial charge < -0.3 is 10.2 Å². The summed E-state index contributed by atoms with van der Waals surface area (Å²) in [5.74, 6) is -0.299. The first-order chi connectivity index (χ1) is 8.19. The van der Waals surface area contributed by atoms with Gasteiger partial charge in [-0.15, -0.1) is 0 Å². The molecule has 2 rings (SSSR count). The first-order valence-electron chi connectivity index (χ1n) is 5.53. The van der Waals surface area contributed by atoms with Crippen LogP contribution >= 0.6 is 11.8 Å². The first-order valence-corrected chi connectivity index (χ1v) is 6.82. The molecule has 1 N–H and O–H groups in total. The van der Waals surface area contributed by atoms with Gasteiger partial charge in [-0.1, -0.05) is 0 Å². The molecule has 1 atom stereocenters. The summed E-state index contributed by atoms with van der Waals surface area (Å²) in [5.41, 5.74) is 0.629. The molecule has 92 valence electrons. The SMILES string of the molecule is CS[C@H]1CCN(C(=O)Nc2ccc(F)cc2)C1. The van der Waals surface area contributed by atoms with E-state index in [1.807, 2.05) is 0 Å². The summed E-state index contributed by atoms with van der Waals surface area (Å²) in [6.45, 7) is 1.58. The highest BCUT2D eigenvalue weighted by Crippen LogP contribution is 2.21. The Bertz CT molecular complexity index is 396. The Morgan fingerprint density at radius 2 is 2.18 bits per heavy atom. The zero-order valence-electron chi connectivity index (χ0n) is 9.65. The van der Waals surface area contributed by atoms with E-state index in [0.29, 0.717) is 10.9 Å². The quantitative estimate of drug-likeness (QED) is 0.880. The second kappa shape index (κ2) is 5.40. The van der Waals surface area contributed by atoms with Crippen molar-refractivity contribution in [1.82, 2.24) is 4.90 Å². The van der Waals surface area contributed by atoms with Gasteiger partial charge in [0.05, 0.1) is 0 Å². The smallest absolute Gasteiger partial charge is 0.321 e. The van der Waals surface area contributed by atoms with Crippen molar-refractivity contribution in [2.45, 2.75) is 11.7 Å². The molecular weight excluding hydrogens is 239 g/mol. The summed E-state index contributed by atoms with van der Waals surface area (Å²) in [4.78, 5) is 13.7. The molecule has 3 nitrogen and oxygen atoms in total. The molecule has 0 aliphatic carbocycles. The third-order valence-electron chi connectivity index (χ3n) is 2.86. The molecule has 0 radical (unpaired) electrons. The van der Waals surface area contributed by atoms with Gasteiger partial charge in [0.2, 0.25) is 0 Å². The summed E-state index contributed by atoms with van der Waals surface area (Å²) >= 11 is 1.79. The molecule has 5 heteroatoms. The summed E-state index contributed by atoms with van der Waals surface area (Å²) in [5, 5.41) is 3.30. The lowest BCUT2D eigenvalue weighted by Gasteiger charge is -2.16. The van der Waals surface area contributed by atoms with Crippen LogP contribution in [0.5, 0.6) is 0 Å². The van der Waals surface area contributed by atoms with E-state index in [-0.39, 0.29) is 11.8 Å². The Balaban J connectivity index is 1.91. The second-order valence-corrected chi connectivity index (χ2v) is 5.17. The Morgan fingerprint density at radius 3 is 2.76 bits per heavy atom. The van der Waals surface area contributed by atoms with Crippen LogP contribution in [0, 0.1) is 5.82 Å². The van der Waals surface area contributed by atoms with E-state index in [1.165, 1.54) is 12.1 Å². The molecule has 0 unspecified atom stereocenters. The van der Waals surface area contributed by atoms with Crippen LogP contribution in [0.15, 0.2) is 24.3 Å². The number of carbonyl (C=O) groups excluding carboxylic acids is 1. The highest BCUT2D eigenvalue weighted by atomic mass is 32.2. The number of rotatable bonds is 2. The molecule has 1 aliphatic rings. The molecule has 1 heterocycles. The molecule has 1 aromatic rings. The van der Waals surface area contributed by atoms with Crippen LogP contribution in [0.25, 0.3) is 0 Å². The maximum Gasteiger partial charge on any atom is 0.321 e. The van der Waals surface area contributed by atoms with Crippen molar-refractivity contribution in [3.8, 4) is 0 Å². The average Bonchev–Trinajstić information content (AvgIpc) is 2.81. The van der Waals surface area contributed by atoms with Gasteiger partial charge in [-0.3, -0.25) is 0 Å². The topological polar surface area (TPSA) is 32.3 Å². The molecule has 1 saturated heterocycles. The normalized spacial score (nSPS) is 19.4. The number of urea groups is 1. The zero-order chi connectivity index (χ0) is 12.3. The number of hydrogen-bond donors (Lipinski definition) is 1. The number of halogens is 1. The summed E-state index contributed by atoms with van der Waals surface area (Å²) in [6, 6.07) is 5.70. The minimum Gasteiger partial charge on any atom is -0.323 e. The number of likely N-dealkylation sites (tertiary alicyclic amines) is 1. The van der Waals surface area contributed by atoms with Crippen molar-refractivity contribution in [3.05, 3.63) is 30.1 Å². The van der Waals surface area contributed by atoms with Gasteiger partial charge in [0.15, 0.2) is 0 Å². The highest BCUT2D eigenvalue weighted by Gasteiger charge is 2.25. The summed E-state index contributed by atoms with van der Waals surface area (Å²) in [6.07, 6.45) is 3.10. The van der Waals surface area contributed by atoms with Gasteiger partial charge in [0.25, 0.3) is 0 Å². The first kappa shape index (κ1) is 12.2. The van der Waals surface area contributed by atoms with Gasteiger partial charge in [-0.25, -0.2) is 9.18 Å². The second-order valence-electron chi connectivity index (χ2n) is 4.03. The molecule has 0 aromatic heterocycles. The zero-order valence-corrected chi connectivity index (χ0v) is 10.5. The van der Waals surface area contributed by atoms with E-state index in [1.54, 1.807) is 28.8 Å². The molecule has 0 spiro atoms. The van der Waals surface area contributed by atoms with Gasteiger partial charge >= 0.3 is 6.03 Å². The predicted octanol–water partition coefficient (Wildman–Crippen LogP) is 2.79. The van der Waals surface area contributed by atoms with Crippen LogP contribution in [0.3, 0.4) is 0 Å². The van der Waals surface area contributed by atoms with E-state index in [4.69, 9.17) is 0 Å². The number of nitrogens with one attached hydrogen (secondary N) is 1. The lowest BCUT2D eigenvalue weighted by Crippen LogP contribution is -2.33. The molecule has 1 aromatic carbocycles. The fourth-order valence-electron chi connectivity index (χ4n) is 1.84. The monoisotopic (exact) mass is 254 g/mol. The van der Waals surface area contributed by atoms with Gasteiger partial charge in [-0.2, -0.15) is 11.8 Å². The summed E-state index contributed by atoms with van der Waals surface area (Å²) < 4.78 is 12.7. The standard InChI is InChI=1S/C12H15FN2OS/c1-17-11-6-7-15(8-11)12(16)14-10-4-2-9(13)3-5-10/h2-5,11H,6-8H2,1H3,(H,14,16)/t11-/m0/s1. The Morgan fingerprint density at radius 1 is 1.47 bits per heavy atom. The Hall–Kier alpha value is -1.23. The van der Waals surface area contributed by atoms with Crippen molar-refractivity contribution in [1.29, 1.82) is 0 Å². The Kier molecular flexibility index (Phi) is 3.89. The van der Waals surface area contributed by atoms with Crippen LogP contribution in [-0.4, -0.2) is 35.5 Å². The molecule has 0 bridgehead atoms. The van der Waals surface area contributed by atoms with Gasteiger partial charge in [0.1, 0.15) is 5.82 Å². The largest absolute Gasteiger partial charge is 0.323 e. The van der Waals surface area contributed by atoms with E-state index in [2.05, 4.69) is 11.6 Å². The van der Waals surface area contributed by atoms with Crippen molar-refractivity contribution in [2.24, 2.45) is 0 Å². The number of amides is 2. The molecule has 0 saturated carbocycles. The van der Waals surface area contributed by atoms with Crippen LogP contribution in [-0.2, 0) is 0 Å². The van der Waals surface area contributed by atoms with Crippen LogP contribution in [0.1, 0.15) is 6.42 Å². The van der Waals surface area contributed by atoms with Gasteiger partial charge in [0, 0.05) is 24.0 Å². The Labute approximate surface area is 104 Å². The number of benzene rings is 1. The predicted molar refractivity (Wildman–Crippen MR) is 68.9 cm³/mol. The number of hydrogen-bond acceptors (Lipinski definition) is 2. The molecular formula is C12H15FN2OS. The van der Waals surface area contributed by atoms with E-state index in [0.717, 1.165) is 19.5 Å². The lowest BCUT2D eigenvalue weighted by atomic mass is 10.3. The molecule has 1 fully saturated rings. The van der Waals surface area contributed by atoms with Crippen molar-refractivity contribution < 1.29 is 9.18 Å². The van der Waals surface area contributed by atoms with E-state index >= 15 is 0 Å². The van der Waals surface area contributed by atoms with Crippen LogP contribution in [0.4, 0.5) is 14.9 Å². The van der Waals surface area contributed by atoms with Crippen LogP contribution in [0.2, 0.25) is 0 Å². The fraction of sp³-hybridized carbons (Fsp3) is 0.417. The lowest BCUT2D eigenvalue weighted by molar-refractivity contribution is 0.222. The van der Waals surface area contributed by atoms with E-state index in [9.17, 15) is 9.18 Å². The third kappa shape index (κ3) is 3.12. The van der Waals surface area contributed by atoms with Crippen molar-refractivity contribution in [2.75, 3.05) is 24.7 Å².